The lowest BCUT2D eigenvalue weighted by Crippen LogP contribution is -2.35. The molecule has 0 aliphatic rings. The Hall–Kier alpha value is -2.05. The maximum atomic E-state index is 12.6. The van der Waals surface area contributed by atoms with Crippen LogP contribution in [0.2, 0.25) is 0 Å². The third-order valence-electron chi connectivity index (χ3n) is 2.92. The van der Waals surface area contributed by atoms with Crippen molar-refractivity contribution >= 4 is 5.96 Å². The van der Waals surface area contributed by atoms with Crippen molar-refractivity contribution in [3.63, 3.8) is 0 Å². The fourth-order valence-corrected chi connectivity index (χ4v) is 2.02. The number of hydrogen-bond acceptors (Lipinski definition) is 3. The summed E-state index contributed by atoms with van der Waals surface area (Å²) < 4.78 is 35.3. The van der Waals surface area contributed by atoms with Crippen molar-refractivity contribution in [3.05, 3.63) is 23.8 Å². The molecule has 0 fully saturated rings. The van der Waals surface area contributed by atoms with Crippen molar-refractivity contribution in [2.45, 2.75) is 26.5 Å². The molecule has 0 heterocycles. The Bertz CT molecular complexity index is 510. The molecule has 0 aromatic heterocycles. The van der Waals surface area contributed by atoms with Gasteiger partial charge in [-0.1, -0.05) is 6.92 Å². The monoisotopic (exact) mass is 329 g/mol. The van der Waals surface area contributed by atoms with Crippen molar-refractivity contribution in [3.8, 4) is 11.5 Å². The molecular formula is C16H25F2N3O2. The Kier molecular flexibility index (Phi) is 7.57. The summed E-state index contributed by atoms with van der Waals surface area (Å²) in [5.74, 6) is 1.34. The molecule has 0 radical (unpaired) electrons. The third kappa shape index (κ3) is 6.30. The molecule has 0 aliphatic heterocycles. The number of hydrogen-bond donors (Lipinski definition) is 0. The zero-order valence-corrected chi connectivity index (χ0v) is 14.3. The van der Waals surface area contributed by atoms with E-state index in [4.69, 9.17) is 4.74 Å². The topological polar surface area (TPSA) is 37.3 Å². The van der Waals surface area contributed by atoms with Crippen LogP contribution in [0.25, 0.3) is 0 Å². The quantitative estimate of drug-likeness (QED) is 0.569. The van der Waals surface area contributed by atoms with Gasteiger partial charge in [0.05, 0.1) is 13.2 Å². The van der Waals surface area contributed by atoms with Crippen molar-refractivity contribution in [2.75, 3.05) is 34.8 Å². The number of halogens is 2. The van der Waals surface area contributed by atoms with E-state index in [2.05, 4.69) is 9.73 Å². The molecule has 1 aromatic carbocycles. The molecule has 0 amide bonds. The van der Waals surface area contributed by atoms with Gasteiger partial charge in [0.15, 0.2) is 5.96 Å². The maximum absolute atomic E-state index is 12.6. The highest BCUT2D eigenvalue weighted by atomic mass is 19.3. The number of ether oxygens (including phenoxy) is 2. The first-order valence-electron chi connectivity index (χ1n) is 7.44. The van der Waals surface area contributed by atoms with Crippen LogP contribution in [0.3, 0.4) is 0 Å². The summed E-state index contributed by atoms with van der Waals surface area (Å²) in [4.78, 5) is 8.16. The van der Waals surface area contributed by atoms with Gasteiger partial charge in [-0.25, -0.2) is 4.99 Å². The average molecular weight is 329 g/mol. The van der Waals surface area contributed by atoms with Gasteiger partial charge in [-0.3, -0.25) is 0 Å². The van der Waals surface area contributed by atoms with E-state index in [1.165, 1.54) is 6.07 Å². The molecule has 0 unspecified atom stereocenters. The molecule has 0 saturated heterocycles. The van der Waals surface area contributed by atoms with Crippen molar-refractivity contribution in [2.24, 2.45) is 4.99 Å². The predicted molar refractivity (Wildman–Crippen MR) is 87.4 cm³/mol. The van der Waals surface area contributed by atoms with Gasteiger partial charge in [-0.15, -0.1) is 0 Å². The molecule has 0 atom stereocenters. The van der Waals surface area contributed by atoms with E-state index in [1.54, 1.807) is 12.1 Å². The summed E-state index contributed by atoms with van der Waals surface area (Å²) in [7, 11) is 7.49. The van der Waals surface area contributed by atoms with Crippen molar-refractivity contribution < 1.29 is 18.3 Å². The first-order chi connectivity index (χ1) is 10.8. The number of rotatable bonds is 7. The lowest BCUT2D eigenvalue weighted by molar-refractivity contribution is -0.0505. The molecule has 1 rings (SSSR count). The third-order valence-corrected chi connectivity index (χ3v) is 2.92. The molecule has 0 aliphatic carbocycles. The standard InChI is InChI=1S/C16H25F2N3O2/c1-6-9-22-13-8-7-12(14(10-13)23-15(17)18)11-19-16(20(2)3)21(4)5/h7-8,10,15H,6,9,11H2,1-5H3. The SMILES string of the molecule is CCCOc1ccc(CN=C(N(C)C)N(C)C)c(OC(F)F)c1. The zero-order valence-electron chi connectivity index (χ0n) is 14.3. The molecule has 1 aromatic rings. The van der Waals surface area contributed by atoms with Gasteiger partial charge >= 0.3 is 6.61 Å². The predicted octanol–water partition coefficient (Wildman–Crippen LogP) is 3.06. The Morgan fingerprint density at radius 3 is 2.35 bits per heavy atom. The van der Waals surface area contributed by atoms with E-state index in [9.17, 15) is 8.78 Å². The van der Waals surface area contributed by atoms with Crippen LogP contribution < -0.4 is 9.47 Å². The van der Waals surface area contributed by atoms with Crippen LogP contribution in [0, 0.1) is 0 Å². The summed E-state index contributed by atoms with van der Waals surface area (Å²) in [6.07, 6.45) is 0.839. The van der Waals surface area contributed by atoms with Crippen LogP contribution in [-0.2, 0) is 6.54 Å². The first-order valence-corrected chi connectivity index (χ1v) is 7.44. The fraction of sp³-hybridized carbons (Fsp3) is 0.562. The van der Waals surface area contributed by atoms with Crippen LogP contribution in [0.15, 0.2) is 23.2 Å². The van der Waals surface area contributed by atoms with Gasteiger partial charge in [0.25, 0.3) is 0 Å². The number of benzene rings is 1. The highest BCUT2D eigenvalue weighted by molar-refractivity contribution is 5.79. The van der Waals surface area contributed by atoms with Crippen LogP contribution >= 0.6 is 0 Å². The summed E-state index contributed by atoms with van der Waals surface area (Å²) >= 11 is 0. The second-order valence-electron chi connectivity index (χ2n) is 5.40. The molecule has 7 heteroatoms. The second-order valence-corrected chi connectivity index (χ2v) is 5.40. The molecular weight excluding hydrogens is 304 g/mol. The van der Waals surface area contributed by atoms with Gasteiger partial charge in [0.1, 0.15) is 11.5 Å². The summed E-state index contributed by atoms with van der Waals surface area (Å²) in [5, 5.41) is 0. The van der Waals surface area contributed by atoms with Crippen LogP contribution in [-0.4, -0.2) is 57.2 Å². The van der Waals surface area contributed by atoms with E-state index in [-0.39, 0.29) is 12.3 Å². The highest BCUT2D eigenvalue weighted by Gasteiger charge is 2.12. The van der Waals surface area contributed by atoms with Gasteiger partial charge < -0.3 is 19.3 Å². The second kappa shape index (κ2) is 9.17. The average Bonchev–Trinajstić information content (AvgIpc) is 2.45. The molecule has 23 heavy (non-hydrogen) atoms. The fourth-order valence-electron chi connectivity index (χ4n) is 2.02. The minimum atomic E-state index is -2.89. The number of aliphatic imine (C=N–C) groups is 1. The highest BCUT2D eigenvalue weighted by Crippen LogP contribution is 2.27. The van der Waals surface area contributed by atoms with Crippen LogP contribution in [0.4, 0.5) is 8.78 Å². The minimum absolute atomic E-state index is 0.0919. The van der Waals surface area contributed by atoms with Crippen molar-refractivity contribution in [1.29, 1.82) is 0 Å². The number of alkyl halides is 2. The number of nitrogens with zero attached hydrogens (tertiary/aromatic N) is 3. The van der Waals surface area contributed by atoms with Gasteiger partial charge in [-0.05, 0) is 18.6 Å². The first kappa shape index (κ1) is 19.0. The number of guanidine groups is 1. The van der Waals surface area contributed by atoms with Crippen molar-refractivity contribution in [1.82, 2.24) is 9.80 Å². The molecule has 5 nitrogen and oxygen atoms in total. The molecule has 0 bridgehead atoms. The van der Waals surface area contributed by atoms with E-state index < -0.39 is 6.61 Å². The van der Waals surface area contributed by atoms with Crippen LogP contribution in [0.5, 0.6) is 11.5 Å². The van der Waals surface area contributed by atoms with Gasteiger partial charge in [0.2, 0.25) is 0 Å². The lowest BCUT2D eigenvalue weighted by atomic mass is 10.2. The van der Waals surface area contributed by atoms with Crippen LogP contribution in [0.1, 0.15) is 18.9 Å². The lowest BCUT2D eigenvalue weighted by Gasteiger charge is -2.23. The van der Waals surface area contributed by atoms with E-state index in [0.717, 1.165) is 12.4 Å². The van der Waals surface area contributed by atoms with Gasteiger partial charge in [-0.2, -0.15) is 8.78 Å². The molecule has 0 spiro atoms. The van der Waals surface area contributed by atoms with E-state index in [0.29, 0.717) is 17.9 Å². The van der Waals surface area contributed by atoms with E-state index in [1.807, 2.05) is 44.9 Å². The largest absolute Gasteiger partial charge is 0.493 e. The molecule has 130 valence electrons. The smallest absolute Gasteiger partial charge is 0.387 e. The zero-order chi connectivity index (χ0) is 17.4. The Morgan fingerprint density at radius 2 is 1.83 bits per heavy atom. The Labute approximate surface area is 136 Å². The van der Waals surface area contributed by atoms with E-state index >= 15 is 0 Å². The Balaban J connectivity index is 3.01. The normalized spacial score (nSPS) is 10.4. The maximum Gasteiger partial charge on any atom is 0.387 e. The molecule has 0 N–H and O–H groups in total. The van der Waals surface area contributed by atoms with Gasteiger partial charge in [0, 0.05) is 39.8 Å². The summed E-state index contributed by atoms with van der Waals surface area (Å²) in [6.45, 7) is -0.149. The molecule has 0 saturated carbocycles. The summed E-state index contributed by atoms with van der Waals surface area (Å²) in [6, 6.07) is 4.93. The summed E-state index contributed by atoms with van der Waals surface area (Å²) in [5.41, 5.74) is 0.579. The Morgan fingerprint density at radius 1 is 1.17 bits per heavy atom. The minimum Gasteiger partial charge on any atom is -0.493 e.